The number of ether oxygens (including phenoxy) is 1. The summed E-state index contributed by atoms with van der Waals surface area (Å²) in [6.45, 7) is 4.96. The first kappa shape index (κ1) is 17.9. The summed E-state index contributed by atoms with van der Waals surface area (Å²) in [5, 5.41) is 8.75. The zero-order valence-electron chi connectivity index (χ0n) is 15.7. The topological polar surface area (TPSA) is 52.3 Å². The standard InChI is InChI=1S/C21H22N4OS/c1-14(2)26-13-20-24-23-19-12-22-21(15-7-5-4-6-8-15)17-11-16(27-3)9-10-18(17)25(19)20/h4-11,14H,12-13H2,1-3H3. The van der Waals surface area contributed by atoms with E-state index in [-0.39, 0.29) is 6.10 Å². The molecule has 0 saturated carbocycles. The van der Waals surface area contributed by atoms with E-state index < -0.39 is 0 Å². The van der Waals surface area contributed by atoms with Crippen LogP contribution in [0, 0.1) is 0 Å². The lowest BCUT2D eigenvalue weighted by Gasteiger charge is -2.15. The molecular weight excluding hydrogens is 356 g/mol. The van der Waals surface area contributed by atoms with E-state index >= 15 is 0 Å². The van der Waals surface area contributed by atoms with Crippen LogP contribution >= 0.6 is 11.8 Å². The van der Waals surface area contributed by atoms with Gasteiger partial charge in [-0.2, -0.15) is 0 Å². The van der Waals surface area contributed by atoms with Gasteiger partial charge in [0.2, 0.25) is 0 Å². The van der Waals surface area contributed by atoms with Gasteiger partial charge in [-0.15, -0.1) is 22.0 Å². The van der Waals surface area contributed by atoms with Gasteiger partial charge in [0.25, 0.3) is 0 Å². The first-order valence-electron chi connectivity index (χ1n) is 9.01. The van der Waals surface area contributed by atoms with Gasteiger partial charge in [0.15, 0.2) is 11.6 Å². The Labute approximate surface area is 163 Å². The van der Waals surface area contributed by atoms with Gasteiger partial charge in [-0.3, -0.25) is 9.56 Å². The minimum atomic E-state index is 0.137. The maximum absolute atomic E-state index is 5.80. The van der Waals surface area contributed by atoms with Crippen LogP contribution in [0.1, 0.15) is 36.6 Å². The first-order valence-corrected chi connectivity index (χ1v) is 10.2. The molecule has 6 heteroatoms. The van der Waals surface area contributed by atoms with Crippen LogP contribution in [0.15, 0.2) is 58.4 Å². The number of benzene rings is 2. The van der Waals surface area contributed by atoms with Crippen molar-refractivity contribution < 1.29 is 4.74 Å². The molecule has 1 aromatic heterocycles. The highest BCUT2D eigenvalue weighted by atomic mass is 32.2. The van der Waals surface area contributed by atoms with Crippen molar-refractivity contribution in [2.45, 2.75) is 38.0 Å². The number of thioether (sulfide) groups is 1. The quantitative estimate of drug-likeness (QED) is 0.622. The SMILES string of the molecule is CSc1ccc2c(c1)C(c1ccccc1)=NCc1nnc(COC(C)C)n1-2. The van der Waals surface area contributed by atoms with Crippen molar-refractivity contribution in [2.75, 3.05) is 6.26 Å². The maximum Gasteiger partial charge on any atom is 0.163 e. The van der Waals surface area contributed by atoms with Crippen LogP contribution in [0.25, 0.3) is 5.69 Å². The van der Waals surface area contributed by atoms with E-state index in [1.165, 1.54) is 4.90 Å². The highest BCUT2D eigenvalue weighted by Gasteiger charge is 2.23. The molecule has 0 unspecified atom stereocenters. The monoisotopic (exact) mass is 378 g/mol. The minimum Gasteiger partial charge on any atom is -0.371 e. The second-order valence-corrected chi connectivity index (χ2v) is 7.52. The molecule has 0 aliphatic carbocycles. The van der Waals surface area contributed by atoms with Gasteiger partial charge in [-0.05, 0) is 38.3 Å². The molecule has 0 saturated heterocycles. The van der Waals surface area contributed by atoms with Crippen LogP contribution in [-0.4, -0.2) is 32.8 Å². The summed E-state index contributed by atoms with van der Waals surface area (Å²) < 4.78 is 7.90. The predicted molar refractivity (Wildman–Crippen MR) is 109 cm³/mol. The summed E-state index contributed by atoms with van der Waals surface area (Å²) in [4.78, 5) is 6.11. The number of hydrogen-bond donors (Lipinski definition) is 0. The Morgan fingerprint density at radius 1 is 1.11 bits per heavy atom. The van der Waals surface area contributed by atoms with Gasteiger partial charge in [-0.25, -0.2) is 0 Å². The number of fused-ring (bicyclic) bond motifs is 3. The van der Waals surface area contributed by atoms with Crippen molar-refractivity contribution >= 4 is 17.5 Å². The summed E-state index contributed by atoms with van der Waals surface area (Å²) >= 11 is 1.73. The second-order valence-electron chi connectivity index (χ2n) is 6.64. The molecule has 138 valence electrons. The molecule has 27 heavy (non-hydrogen) atoms. The summed E-state index contributed by atoms with van der Waals surface area (Å²) in [6, 6.07) is 16.8. The lowest BCUT2D eigenvalue weighted by Crippen LogP contribution is -2.12. The smallest absolute Gasteiger partial charge is 0.163 e. The fourth-order valence-corrected chi connectivity index (χ4v) is 3.61. The van der Waals surface area contributed by atoms with Gasteiger partial charge in [0.05, 0.1) is 17.5 Å². The third-order valence-corrected chi connectivity index (χ3v) is 5.19. The molecule has 0 atom stereocenters. The molecule has 5 nitrogen and oxygen atoms in total. The third-order valence-electron chi connectivity index (χ3n) is 4.47. The maximum atomic E-state index is 5.80. The van der Waals surface area contributed by atoms with Gasteiger partial charge in [0.1, 0.15) is 13.2 Å². The van der Waals surface area contributed by atoms with E-state index in [2.05, 4.69) is 51.4 Å². The summed E-state index contributed by atoms with van der Waals surface area (Å²) in [6.07, 6.45) is 2.22. The molecule has 0 N–H and O–H groups in total. The summed E-state index contributed by atoms with van der Waals surface area (Å²) in [5.41, 5.74) is 4.24. The Bertz CT molecular complexity index is 979. The van der Waals surface area contributed by atoms with E-state index in [4.69, 9.17) is 9.73 Å². The third kappa shape index (κ3) is 3.55. The highest BCUT2D eigenvalue weighted by Crippen LogP contribution is 2.29. The zero-order valence-corrected chi connectivity index (χ0v) is 16.5. The molecule has 4 rings (SSSR count). The van der Waals surface area contributed by atoms with Crippen molar-refractivity contribution in [2.24, 2.45) is 4.99 Å². The van der Waals surface area contributed by atoms with Gasteiger partial charge in [-0.1, -0.05) is 30.3 Å². The van der Waals surface area contributed by atoms with Gasteiger partial charge >= 0.3 is 0 Å². The van der Waals surface area contributed by atoms with Crippen LogP contribution in [0.3, 0.4) is 0 Å². The Balaban J connectivity index is 1.88. The predicted octanol–water partition coefficient (Wildman–Crippen LogP) is 4.27. The number of aromatic nitrogens is 3. The lowest BCUT2D eigenvalue weighted by molar-refractivity contribution is 0.0603. The Morgan fingerprint density at radius 3 is 2.67 bits per heavy atom. The fraction of sp³-hybridized carbons (Fsp3) is 0.286. The normalized spacial score (nSPS) is 13.1. The average Bonchev–Trinajstić information content (AvgIpc) is 3.02. The van der Waals surface area contributed by atoms with E-state index in [1.54, 1.807) is 11.8 Å². The Hall–Kier alpha value is -2.44. The van der Waals surface area contributed by atoms with Gasteiger partial charge < -0.3 is 4.74 Å². The van der Waals surface area contributed by atoms with Crippen molar-refractivity contribution in [3.8, 4) is 5.69 Å². The zero-order chi connectivity index (χ0) is 18.8. The summed E-state index contributed by atoms with van der Waals surface area (Å²) in [7, 11) is 0. The molecule has 0 fully saturated rings. The number of hydrogen-bond acceptors (Lipinski definition) is 5. The highest BCUT2D eigenvalue weighted by molar-refractivity contribution is 7.98. The van der Waals surface area contributed by atoms with Crippen LogP contribution in [0.2, 0.25) is 0 Å². The van der Waals surface area contributed by atoms with Crippen LogP contribution < -0.4 is 0 Å². The second kappa shape index (κ2) is 7.66. The molecule has 2 aromatic carbocycles. The molecule has 0 radical (unpaired) electrons. The van der Waals surface area contributed by atoms with Crippen molar-refractivity contribution in [1.82, 2.24) is 14.8 Å². The molecule has 0 spiro atoms. The molecule has 1 aliphatic rings. The fourth-order valence-electron chi connectivity index (χ4n) is 3.17. The Morgan fingerprint density at radius 2 is 1.93 bits per heavy atom. The van der Waals surface area contributed by atoms with E-state index in [9.17, 15) is 0 Å². The van der Waals surface area contributed by atoms with Crippen LogP contribution in [-0.2, 0) is 17.9 Å². The van der Waals surface area contributed by atoms with E-state index in [0.717, 1.165) is 34.2 Å². The van der Waals surface area contributed by atoms with Crippen LogP contribution in [0.5, 0.6) is 0 Å². The molecule has 2 heterocycles. The minimum absolute atomic E-state index is 0.137. The number of rotatable bonds is 5. The lowest BCUT2D eigenvalue weighted by atomic mass is 10.0. The van der Waals surface area contributed by atoms with Crippen molar-refractivity contribution in [3.05, 3.63) is 71.3 Å². The molecule has 3 aromatic rings. The molecule has 0 amide bonds. The summed E-state index contributed by atoms with van der Waals surface area (Å²) in [5.74, 6) is 1.64. The van der Waals surface area contributed by atoms with Crippen molar-refractivity contribution in [1.29, 1.82) is 0 Å². The van der Waals surface area contributed by atoms with E-state index in [1.807, 2.05) is 32.0 Å². The first-order chi connectivity index (χ1) is 13.2. The largest absolute Gasteiger partial charge is 0.371 e. The molecule has 1 aliphatic heterocycles. The Kier molecular flexibility index (Phi) is 5.09. The van der Waals surface area contributed by atoms with Crippen LogP contribution in [0.4, 0.5) is 0 Å². The average molecular weight is 379 g/mol. The number of aliphatic imine (C=N–C) groups is 1. The van der Waals surface area contributed by atoms with Crippen molar-refractivity contribution in [3.63, 3.8) is 0 Å². The molecule has 0 bridgehead atoms. The van der Waals surface area contributed by atoms with E-state index in [0.29, 0.717) is 13.2 Å². The molecular formula is C21H22N4OS. The van der Waals surface area contributed by atoms with Gasteiger partial charge in [0, 0.05) is 16.0 Å². The number of nitrogens with zero attached hydrogens (tertiary/aromatic N) is 4.